The summed E-state index contributed by atoms with van der Waals surface area (Å²) in [6.45, 7) is 1.93. The second-order valence-corrected chi connectivity index (χ2v) is 2.82. The monoisotopic (exact) mass is 176 g/mol. The van der Waals surface area contributed by atoms with E-state index in [1.165, 1.54) is 0 Å². The fourth-order valence-corrected chi connectivity index (χ4v) is 1.36. The first-order valence-electron chi connectivity index (χ1n) is 3.99. The van der Waals surface area contributed by atoms with Crippen LogP contribution in [0.3, 0.4) is 0 Å². The van der Waals surface area contributed by atoms with Gasteiger partial charge >= 0.3 is 7.69 Å². The van der Waals surface area contributed by atoms with E-state index in [9.17, 15) is 0 Å². The van der Waals surface area contributed by atoms with Gasteiger partial charge in [0, 0.05) is 0 Å². The van der Waals surface area contributed by atoms with Crippen LogP contribution in [-0.2, 0) is 0 Å². The zero-order valence-corrected chi connectivity index (χ0v) is 7.24. The Labute approximate surface area is 75.8 Å². The van der Waals surface area contributed by atoms with Crippen molar-refractivity contribution in [3.8, 4) is 5.75 Å². The molecule has 4 nitrogen and oxygen atoms in total. The number of hydrogen-bond donors (Lipinski definition) is 2. The Morgan fingerprint density at radius 1 is 1.54 bits per heavy atom. The molecule has 1 aromatic heterocycles. The zero-order chi connectivity index (χ0) is 9.26. The predicted molar refractivity (Wildman–Crippen MR) is 50.8 cm³/mol. The van der Waals surface area contributed by atoms with Gasteiger partial charge in [-0.2, -0.15) is 5.10 Å². The zero-order valence-electron chi connectivity index (χ0n) is 7.24. The van der Waals surface area contributed by atoms with Crippen LogP contribution in [-0.4, -0.2) is 22.9 Å². The van der Waals surface area contributed by atoms with E-state index in [0.717, 1.165) is 16.5 Å². The lowest BCUT2D eigenvalue weighted by molar-refractivity contribution is 0.455. The predicted octanol–water partition coefficient (Wildman–Crippen LogP) is 0.509. The molecular formula is C8H9BN2O2. The normalized spacial score (nSPS) is 10.3. The molecule has 0 atom stereocenters. The van der Waals surface area contributed by atoms with Crippen molar-refractivity contribution in [3.05, 3.63) is 23.9 Å². The van der Waals surface area contributed by atoms with Gasteiger partial charge in [-0.15, -0.1) is 0 Å². The number of fused-ring (bicyclic) bond motifs is 1. The SMILES string of the molecule is Cc1ccc2[nH]ncc2c1OBO. The van der Waals surface area contributed by atoms with E-state index in [2.05, 4.69) is 10.2 Å². The minimum atomic E-state index is -0.314. The van der Waals surface area contributed by atoms with E-state index < -0.39 is 0 Å². The van der Waals surface area contributed by atoms with Crippen LogP contribution in [0.1, 0.15) is 5.56 Å². The van der Waals surface area contributed by atoms with Crippen molar-refractivity contribution < 1.29 is 9.68 Å². The lowest BCUT2D eigenvalue weighted by Gasteiger charge is -2.06. The molecular weight excluding hydrogens is 167 g/mol. The van der Waals surface area contributed by atoms with Gasteiger partial charge in [0.25, 0.3) is 0 Å². The van der Waals surface area contributed by atoms with Gasteiger partial charge in [-0.1, -0.05) is 6.07 Å². The molecule has 0 amide bonds. The van der Waals surface area contributed by atoms with Crippen LogP contribution >= 0.6 is 0 Å². The third-order valence-corrected chi connectivity index (χ3v) is 1.98. The van der Waals surface area contributed by atoms with Crippen molar-refractivity contribution in [1.29, 1.82) is 0 Å². The molecule has 0 radical (unpaired) electrons. The Kier molecular flexibility index (Phi) is 1.94. The van der Waals surface area contributed by atoms with Gasteiger partial charge in [-0.25, -0.2) is 0 Å². The second kappa shape index (κ2) is 3.10. The highest BCUT2D eigenvalue weighted by molar-refractivity contribution is 6.18. The lowest BCUT2D eigenvalue weighted by atomic mass is 10.1. The molecule has 0 bridgehead atoms. The summed E-state index contributed by atoms with van der Waals surface area (Å²) in [5, 5.41) is 16.3. The van der Waals surface area contributed by atoms with Gasteiger partial charge in [0.15, 0.2) is 0 Å². The van der Waals surface area contributed by atoms with E-state index in [-0.39, 0.29) is 7.69 Å². The summed E-state index contributed by atoms with van der Waals surface area (Å²) in [4.78, 5) is 0. The highest BCUT2D eigenvalue weighted by Gasteiger charge is 2.06. The van der Waals surface area contributed by atoms with Crippen molar-refractivity contribution in [3.63, 3.8) is 0 Å². The molecule has 2 rings (SSSR count). The number of benzene rings is 1. The van der Waals surface area contributed by atoms with Gasteiger partial charge in [0.05, 0.1) is 17.1 Å². The van der Waals surface area contributed by atoms with Crippen molar-refractivity contribution in [2.75, 3.05) is 0 Å². The van der Waals surface area contributed by atoms with Crippen LogP contribution in [0.2, 0.25) is 0 Å². The Balaban J connectivity index is 2.66. The molecule has 2 N–H and O–H groups in total. The molecule has 1 aromatic carbocycles. The number of hydrogen-bond acceptors (Lipinski definition) is 3. The third-order valence-electron chi connectivity index (χ3n) is 1.98. The maximum atomic E-state index is 8.69. The Hall–Kier alpha value is -1.49. The Morgan fingerprint density at radius 2 is 2.38 bits per heavy atom. The van der Waals surface area contributed by atoms with Crippen LogP contribution in [0.15, 0.2) is 18.3 Å². The Morgan fingerprint density at radius 3 is 3.15 bits per heavy atom. The van der Waals surface area contributed by atoms with E-state index in [1.807, 2.05) is 19.1 Å². The van der Waals surface area contributed by atoms with E-state index in [0.29, 0.717) is 5.75 Å². The van der Waals surface area contributed by atoms with Crippen LogP contribution in [0.5, 0.6) is 5.75 Å². The molecule has 0 aliphatic rings. The summed E-state index contributed by atoms with van der Waals surface area (Å²) >= 11 is 0. The van der Waals surface area contributed by atoms with Crippen molar-refractivity contribution in [2.24, 2.45) is 0 Å². The molecule has 66 valence electrons. The highest BCUT2D eigenvalue weighted by atomic mass is 16.5. The van der Waals surface area contributed by atoms with Gasteiger partial charge in [-0.3, -0.25) is 5.10 Å². The summed E-state index contributed by atoms with van der Waals surface area (Å²) in [5.74, 6) is 0.689. The first-order valence-corrected chi connectivity index (χ1v) is 3.99. The molecule has 5 heteroatoms. The average Bonchev–Trinajstić information content (AvgIpc) is 2.58. The summed E-state index contributed by atoms with van der Waals surface area (Å²) in [7, 11) is -0.314. The van der Waals surface area contributed by atoms with Gasteiger partial charge < -0.3 is 9.68 Å². The minimum absolute atomic E-state index is 0.314. The summed E-state index contributed by atoms with van der Waals surface area (Å²) in [6.07, 6.45) is 1.69. The molecule has 0 fully saturated rings. The lowest BCUT2D eigenvalue weighted by Crippen LogP contribution is -2.01. The van der Waals surface area contributed by atoms with Crippen molar-refractivity contribution in [1.82, 2.24) is 10.2 Å². The van der Waals surface area contributed by atoms with Gasteiger partial charge in [-0.05, 0) is 18.6 Å². The first-order chi connectivity index (χ1) is 6.33. The molecule has 1 heterocycles. The van der Waals surface area contributed by atoms with Crippen LogP contribution < -0.4 is 4.65 Å². The number of rotatable bonds is 2. The van der Waals surface area contributed by atoms with E-state index in [4.69, 9.17) is 9.68 Å². The molecule has 2 aromatic rings. The molecule has 0 aliphatic heterocycles. The highest BCUT2D eigenvalue weighted by Crippen LogP contribution is 2.27. The van der Waals surface area contributed by atoms with E-state index in [1.54, 1.807) is 6.20 Å². The maximum absolute atomic E-state index is 8.69. The van der Waals surface area contributed by atoms with Crippen LogP contribution in [0.4, 0.5) is 0 Å². The molecule has 0 saturated heterocycles. The number of aryl methyl sites for hydroxylation is 1. The minimum Gasteiger partial charge on any atom is -0.538 e. The number of aromatic nitrogens is 2. The molecule has 0 spiro atoms. The van der Waals surface area contributed by atoms with Crippen molar-refractivity contribution in [2.45, 2.75) is 6.92 Å². The third kappa shape index (κ3) is 1.27. The van der Waals surface area contributed by atoms with E-state index >= 15 is 0 Å². The standard InChI is InChI=1S/C8H9BN2O2/c1-5-2-3-7-6(4-10-11-7)8(5)13-9-12/h2-4,9,12H,1H3,(H,10,11). The van der Waals surface area contributed by atoms with Crippen LogP contribution in [0.25, 0.3) is 10.9 Å². The Bertz CT molecular complexity index is 427. The fourth-order valence-electron chi connectivity index (χ4n) is 1.36. The summed E-state index contributed by atoms with van der Waals surface area (Å²) in [6, 6.07) is 3.85. The first kappa shape index (κ1) is 8.13. The van der Waals surface area contributed by atoms with Crippen LogP contribution in [0, 0.1) is 6.92 Å². The quantitative estimate of drug-likeness (QED) is 0.655. The molecule has 0 unspecified atom stereocenters. The smallest absolute Gasteiger partial charge is 0.504 e. The summed E-state index contributed by atoms with van der Waals surface area (Å²) < 4.78 is 5.10. The maximum Gasteiger partial charge on any atom is 0.504 e. The summed E-state index contributed by atoms with van der Waals surface area (Å²) in [5.41, 5.74) is 1.90. The molecule has 0 aliphatic carbocycles. The average molecular weight is 176 g/mol. The number of aromatic amines is 1. The van der Waals surface area contributed by atoms with Gasteiger partial charge in [0.1, 0.15) is 5.75 Å². The topological polar surface area (TPSA) is 58.1 Å². The van der Waals surface area contributed by atoms with Crippen molar-refractivity contribution >= 4 is 18.6 Å². The fraction of sp³-hybridized carbons (Fsp3) is 0.125. The number of H-pyrrole nitrogens is 1. The number of nitrogens with zero attached hydrogens (tertiary/aromatic N) is 1. The number of nitrogens with one attached hydrogen (secondary N) is 1. The largest absolute Gasteiger partial charge is 0.538 e. The van der Waals surface area contributed by atoms with Gasteiger partial charge in [0.2, 0.25) is 0 Å². The molecule has 0 saturated carbocycles. The molecule has 13 heavy (non-hydrogen) atoms. The second-order valence-electron chi connectivity index (χ2n) is 2.82.